The Bertz CT molecular complexity index is 1010. The summed E-state index contributed by atoms with van der Waals surface area (Å²) in [5.74, 6) is 1.03. The van der Waals surface area contributed by atoms with E-state index in [2.05, 4.69) is 26.1 Å². The number of amides is 4. The smallest absolute Gasteiger partial charge is 0.314 e. The molecule has 42 heavy (non-hydrogen) atoms. The highest BCUT2D eigenvalue weighted by Gasteiger charge is 2.31. The van der Waals surface area contributed by atoms with Crippen LogP contribution in [0.1, 0.15) is 91.9 Å². The number of nitrogens with zero attached hydrogens (tertiary/aromatic N) is 3. The number of carbonyl (C=O) groups excluding carboxylic acids is 3. The zero-order chi connectivity index (χ0) is 30.7. The van der Waals surface area contributed by atoms with Gasteiger partial charge >= 0.3 is 6.03 Å². The van der Waals surface area contributed by atoms with Gasteiger partial charge in [0.05, 0.1) is 0 Å². The Morgan fingerprint density at radius 1 is 0.952 bits per heavy atom. The van der Waals surface area contributed by atoms with E-state index >= 15 is 0 Å². The molecule has 1 aliphatic carbocycles. The molecule has 1 saturated carbocycles. The molecule has 3 fully saturated rings. The fourth-order valence-electron chi connectivity index (χ4n) is 6.49. The molecule has 1 aromatic rings. The summed E-state index contributed by atoms with van der Waals surface area (Å²) in [5.41, 5.74) is 6.33. The van der Waals surface area contributed by atoms with E-state index in [1.807, 2.05) is 34.1 Å². The predicted octanol–water partition coefficient (Wildman–Crippen LogP) is 6.07. The van der Waals surface area contributed by atoms with Crippen molar-refractivity contribution in [3.63, 3.8) is 0 Å². The van der Waals surface area contributed by atoms with Crippen molar-refractivity contribution in [3.8, 4) is 0 Å². The van der Waals surface area contributed by atoms with Crippen LogP contribution in [-0.4, -0.2) is 73.0 Å². The van der Waals surface area contributed by atoms with E-state index in [4.69, 9.17) is 17.3 Å². The van der Waals surface area contributed by atoms with Gasteiger partial charge in [0.1, 0.15) is 0 Å². The molecule has 0 atom stereocenters. The number of primary amides is 1. The Labute approximate surface area is 258 Å². The minimum atomic E-state index is -0.269. The van der Waals surface area contributed by atoms with Gasteiger partial charge in [-0.25, -0.2) is 4.79 Å². The maximum absolute atomic E-state index is 13.5. The lowest BCUT2D eigenvalue weighted by molar-refractivity contribution is -0.133. The molecule has 9 heteroatoms. The highest BCUT2D eigenvalue weighted by Crippen LogP contribution is 2.37. The molecule has 0 radical (unpaired) electrons. The van der Waals surface area contributed by atoms with Gasteiger partial charge in [0.15, 0.2) is 0 Å². The molecule has 4 amide bonds. The number of halogens is 1. The van der Waals surface area contributed by atoms with Crippen molar-refractivity contribution in [2.24, 2.45) is 23.0 Å². The minimum Gasteiger partial charge on any atom is -0.351 e. The number of piperidine rings is 2. The van der Waals surface area contributed by atoms with Gasteiger partial charge in [-0.1, -0.05) is 38.4 Å². The molecule has 2 saturated heterocycles. The van der Waals surface area contributed by atoms with Gasteiger partial charge in [-0.05, 0) is 100 Å². The summed E-state index contributed by atoms with van der Waals surface area (Å²) < 4.78 is 0. The quantitative estimate of drug-likeness (QED) is 0.370. The summed E-state index contributed by atoms with van der Waals surface area (Å²) in [6, 6.07) is 7.92. The predicted molar refractivity (Wildman–Crippen MR) is 172 cm³/mol. The van der Waals surface area contributed by atoms with Gasteiger partial charge in [0.25, 0.3) is 0 Å². The van der Waals surface area contributed by atoms with Gasteiger partial charge in [0, 0.05) is 62.3 Å². The average Bonchev–Trinajstić information content (AvgIpc) is 2.97. The zero-order valence-corrected chi connectivity index (χ0v) is 27.1. The molecule has 4 rings (SSSR count). The van der Waals surface area contributed by atoms with Crippen LogP contribution in [0.25, 0.3) is 0 Å². The van der Waals surface area contributed by atoms with Crippen molar-refractivity contribution in [3.05, 3.63) is 29.3 Å². The van der Waals surface area contributed by atoms with E-state index in [-0.39, 0.29) is 23.8 Å². The Hall–Kier alpha value is -2.32. The zero-order valence-electron chi connectivity index (χ0n) is 26.4. The van der Waals surface area contributed by atoms with E-state index in [0.29, 0.717) is 36.1 Å². The summed E-state index contributed by atoms with van der Waals surface area (Å²) in [6.45, 7) is 13.3. The lowest BCUT2D eigenvalue weighted by Crippen LogP contribution is -2.45. The second-order valence-electron chi connectivity index (χ2n) is 13.4. The highest BCUT2D eigenvalue weighted by atomic mass is 35.5. The molecule has 8 nitrogen and oxygen atoms in total. The summed E-state index contributed by atoms with van der Waals surface area (Å²) in [7, 11) is 0. The van der Waals surface area contributed by atoms with E-state index in [9.17, 15) is 14.4 Å². The molecule has 0 aromatic heterocycles. The number of nitrogens with one attached hydrogen (secondary N) is 1. The first kappa shape index (κ1) is 34.2. The van der Waals surface area contributed by atoms with Crippen LogP contribution in [0.2, 0.25) is 5.02 Å². The van der Waals surface area contributed by atoms with E-state index in [1.165, 1.54) is 32.1 Å². The highest BCUT2D eigenvalue weighted by molar-refractivity contribution is 6.30. The van der Waals surface area contributed by atoms with E-state index in [0.717, 1.165) is 63.3 Å². The van der Waals surface area contributed by atoms with Crippen LogP contribution in [0.3, 0.4) is 0 Å². The lowest BCUT2D eigenvalue weighted by atomic mass is 9.71. The van der Waals surface area contributed by atoms with Crippen LogP contribution in [-0.2, 0) is 9.59 Å². The monoisotopic (exact) mass is 603 g/mol. The molecule has 3 N–H and O–H groups in total. The van der Waals surface area contributed by atoms with Crippen LogP contribution in [0, 0.1) is 17.3 Å². The Balaban J connectivity index is 0.000000458. The summed E-state index contributed by atoms with van der Waals surface area (Å²) in [5, 5.41) is 4.38. The van der Waals surface area contributed by atoms with E-state index < -0.39 is 0 Å². The second-order valence-corrected chi connectivity index (χ2v) is 13.8. The summed E-state index contributed by atoms with van der Waals surface area (Å²) in [6.07, 6.45) is 10.9. The molecule has 0 bridgehead atoms. The van der Waals surface area contributed by atoms with Crippen LogP contribution in [0.4, 0.5) is 10.5 Å². The largest absolute Gasteiger partial charge is 0.351 e. The molecule has 236 valence electrons. The normalized spacial score (nSPS) is 21.7. The molecular formula is C33H54ClN5O3. The van der Waals surface area contributed by atoms with E-state index in [1.54, 1.807) is 11.8 Å². The molecule has 1 aromatic carbocycles. The Morgan fingerprint density at radius 2 is 1.60 bits per heavy atom. The Morgan fingerprint density at radius 3 is 2.12 bits per heavy atom. The van der Waals surface area contributed by atoms with Crippen molar-refractivity contribution >= 4 is 35.1 Å². The van der Waals surface area contributed by atoms with Crippen molar-refractivity contribution < 1.29 is 14.4 Å². The van der Waals surface area contributed by atoms with Crippen molar-refractivity contribution in [2.75, 3.05) is 44.2 Å². The van der Waals surface area contributed by atoms with Gasteiger partial charge in [-0.3, -0.25) is 9.59 Å². The second kappa shape index (κ2) is 16.5. The molecular weight excluding hydrogens is 550 g/mol. The van der Waals surface area contributed by atoms with Crippen LogP contribution in [0.5, 0.6) is 0 Å². The first-order valence-electron chi connectivity index (χ1n) is 16.1. The molecule has 0 spiro atoms. The molecule has 0 unspecified atom stereocenters. The third-order valence-corrected chi connectivity index (χ3v) is 9.52. The fourth-order valence-corrected chi connectivity index (χ4v) is 6.68. The van der Waals surface area contributed by atoms with Crippen LogP contribution in [0.15, 0.2) is 24.3 Å². The van der Waals surface area contributed by atoms with Crippen molar-refractivity contribution in [2.45, 2.75) is 97.9 Å². The van der Waals surface area contributed by atoms with Gasteiger partial charge < -0.3 is 25.8 Å². The molecule has 2 aliphatic heterocycles. The first-order valence-corrected chi connectivity index (χ1v) is 16.4. The fraction of sp³-hybridized carbons (Fsp3) is 0.727. The van der Waals surface area contributed by atoms with Gasteiger partial charge in [0.2, 0.25) is 11.8 Å². The van der Waals surface area contributed by atoms with Crippen molar-refractivity contribution in [1.29, 1.82) is 0 Å². The SMILES string of the molecule is CC(=O)N1CCC(C(=O)N(CCCNC2CCC(C(C)(C)C)CC2)c2cccc(Cl)c2)CC1.NC(=O)N1CCCCC1. The Kier molecular flexibility index (Phi) is 13.4. The third kappa shape index (κ3) is 10.7. The minimum absolute atomic E-state index is 0.0415. The van der Waals surface area contributed by atoms with Crippen LogP contribution < -0.4 is 16.0 Å². The molecule has 3 aliphatic rings. The summed E-state index contributed by atoms with van der Waals surface area (Å²) >= 11 is 6.25. The maximum Gasteiger partial charge on any atom is 0.314 e. The first-order chi connectivity index (χ1) is 20.0. The average molecular weight is 604 g/mol. The van der Waals surface area contributed by atoms with Crippen molar-refractivity contribution in [1.82, 2.24) is 15.1 Å². The van der Waals surface area contributed by atoms with Gasteiger partial charge in [-0.15, -0.1) is 0 Å². The third-order valence-electron chi connectivity index (χ3n) is 9.29. The number of carbonyl (C=O) groups is 3. The number of nitrogens with two attached hydrogens (primary N) is 1. The number of benzene rings is 1. The molecule has 2 heterocycles. The number of hydrogen-bond acceptors (Lipinski definition) is 4. The van der Waals surface area contributed by atoms with Crippen LogP contribution >= 0.6 is 11.6 Å². The lowest BCUT2D eigenvalue weighted by Gasteiger charge is -2.37. The number of rotatable bonds is 7. The number of hydrogen-bond donors (Lipinski definition) is 2. The topological polar surface area (TPSA) is 99.0 Å². The number of anilines is 1. The standard InChI is InChI=1S/C27H42ClN3O2.C6H12N2O/c1-20(32)30-17-13-21(14-18-30)26(33)31(25-8-5-7-23(28)19-25)16-6-15-29-24-11-9-22(10-12-24)27(2,3)4;7-6(9)8-4-2-1-3-5-8/h5,7-8,19,21-22,24,29H,6,9-18H2,1-4H3;1-5H2,(H2,7,9). The van der Waals surface area contributed by atoms with Gasteiger partial charge in [-0.2, -0.15) is 0 Å². The summed E-state index contributed by atoms with van der Waals surface area (Å²) in [4.78, 5) is 41.1. The maximum atomic E-state index is 13.5. The number of urea groups is 1. The number of likely N-dealkylation sites (tertiary alicyclic amines) is 2.